The largest absolute Gasteiger partial charge is 0.504 e. The first-order valence-corrected chi connectivity index (χ1v) is 11.6. The van der Waals surface area contributed by atoms with E-state index in [0.717, 1.165) is 0 Å². The number of phenols is 1. The summed E-state index contributed by atoms with van der Waals surface area (Å²) >= 11 is 0. The number of hydrogen-bond acceptors (Lipinski definition) is 9. The first-order valence-electron chi connectivity index (χ1n) is 11.6. The van der Waals surface area contributed by atoms with Gasteiger partial charge in [0.15, 0.2) is 29.1 Å². The van der Waals surface area contributed by atoms with Crippen LogP contribution in [0.2, 0.25) is 0 Å². The molecule has 0 radical (unpaired) electrons. The third-order valence-electron chi connectivity index (χ3n) is 7.15. The summed E-state index contributed by atoms with van der Waals surface area (Å²) in [4.78, 5) is 13.0. The van der Waals surface area contributed by atoms with Crippen LogP contribution in [0.25, 0.3) is 11.1 Å². The van der Waals surface area contributed by atoms with Gasteiger partial charge in [-0.15, -0.1) is 0 Å². The average molecular weight is 501 g/mol. The molecular formula is C27H32O9. The van der Waals surface area contributed by atoms with Gasteiger partial charge in [0.1, 0.15) is 5.60 Å². The van der Waals surface area contributed by atoms with Crippen molar-refractivity contribution in [2.45, 2.75) is 45.8 Å². The Kier molecular flexibility index (Phi) is 6.70. The topological polar surface area (TPSA) is 113 Å². The number of benzene rings is 2. The fourth-order valence-electron chi connectivity index (χ4n) is 4.77. The lowest BCUT2D eigenvalue weighted by molar-refractivity contribution is -0.166. The number of carbonyl (C=O) groups is 1. The zero-order valence-electron chi connectivity index (χ0n) is 21.6. The van der Waals surface area contributed by atoms with Crippen LogP contribution >= 0.6 is 0 Å². The van der Waals surface area contributed by atoms with E-state index in [-0.39, 0.29) is 29.8 Å². The van der Waals surface area contributed by atoms with Crippen LogP contribution in [0.1, 0.15) is 44.9 Å². The van der Waals surface area contributed by atoms with Crippen molar-refractivity contribution in [2.75, 3.05) is 28.1 Å². The first-order chi connectivity index (χ1) is 17.1. The Morgan fingerprint density at radius 2 is 1.81 bits per heavy atom. The molecule has 0 unspecified atom stereocenters. The lowest BCUT2D eigenvalue weighted by atomic mass is 9.73. The van der Waals surface area contributed by atoms with Gasteiger partial charge in [-0.25, -0.2) is 4.79 Å². The van der Waals surface area contributed by atoms with Gasteiger partial charge in [-0.1, -0.05) is 13.0 Å². The van der Waals surface area contributed by atoms with Gasteiger partial charge >= 0.3 is 5.97 Å². The predicted octanol–water partition coefficient (Wildman–Crippen LogP) is 4.31. The summed E-state index contributed by atoms with van der Waals surface area (Å²) in [6, 6.07) is 3.43. The SMILES string of the molecule is CC=C(C)C(=O)O[C@H]1c2cc(OC)c(OC)c(OC)c2-c2c(cc3c(c2O)OCO3)C[C@H](C)[C@]1(C)O. The number of carbonyl (C=O) groups excluding carboxylic acids is 1. The van der Waals surface area contributed by atoms with Crippen LogP contribution in [-0.4, -0.2) is 49.9 Å². The van der Waals surface area contributed by atoms with Gasteiger partial charge in [-0.05, 0) is 50.8 Å². The Morgan fingerprint density at radius 3 is 2.42 bits per heavy atom. The molecule has 36 heavy (non-hydrogen) atoms. The van der Waals surface area contributed by atoms with Crippen LogP contribution in [0.3, 0.4) is 0 Å². The van der Waals surface area contributed by atoms with E-state index in [0.29, 0.717) is 45.7 Å². The van der Waals surface area contributed by atoms with Crippen LogP contribution in [0.5, 0.6) is 34.5 Å². The molecule has 2 aromatic rings. The second kappa shape index (κ2) is 9.46. The summed E-state index contributed by atoms with van der Waals surface area (Å²) in [5.74, 6) is 0.317. The molecule has 0 saturated heterocycles. The molecule has 1 aliphatic heterocycles. The van der Waals surface area contributed by atoms with Crippen molar-refractivity contribution in [1.82, 2.24) is 0 Å². The number of methoxy groups -OCH3 is 3. The van der Waals surface area contributed by atoms with Gasteiger partial charge in [0, 0.05) is 22.3 Å². The number of allylic oxidation sites excluding steroid dienone is 1. The van der Waals surface area contributed by atoms with Crippen LogP contribution in [-0.2, 0) is 16.0 Å². The Morgan fingerprint density at radius 1 is 1.11 bits per heavy atom. The minimum atomic E-state index is -1.52. The standard InChI is InChI=1S/C27H32O9/c1-8-13(2)26(29)36-25-16-11-17(31-5)23(32-6)24(33-7)20(16)19-15(9-14(3)27(25,4)30)10-18-22(21(19)28)35-12-34-18/h8,10-11,14,25,28,30H,9,12H2,1-7H3/t14-,25-,27-/m0/s1. The number of esters is 1. The van der Waals surface area contributed by atoms with Crippen molar-refractivity contribution in [3.05, 3.63) is 34.9 Å². The van der Waals surface area contributed by atoms with Crippen molar-refractivity contribution < 1.29 is 43.4 Å². The minimum absolute atomic E-state index is 0.0299. The molecule has 1 heterocycles. The summed E-state index contributed by atoms with van der Waals surface area (Å²) in [5, 5.41) is 23.3. The molecule has 9 heteroatoms. The quantitative estimate of drug-likeness (QED) is 0.458. The third kappa shape index (κ3) is 3.87. The molecule has 2 aliphatic rings. The second-order valence-electron chi connectivity index (χ2n) is 9.19. The highest BCUT2D eigenvalue weighted by Gasteiger charge is 2.47. The fourth-order valence-corrected chi connectivity index (χ4v) is 4.77. The van der Waals surface area contributed by atoms with Gasteiger partial charge in [0.05, 0.1) is 21.3 Å². The molecule has 9 nitrogen and oxygen atoms in total. The smallest absolute Gasteiger partial charge is 0.334 e. The molecule has 2 aromatic carbocycles. The molecule has 0 amide bonds. The molecule has 0 spiro atoms. The maximum Gasteiger partial charge on any atom is 0.334 e. The normalized spacial score (nSPS) is 22.6. The Hall–Kier alpha value is -3.59. The van der Waals surface area contributed by atoms with Crippen molar-refractivity contribution in [3.63, 3.8) is 0 Å². The molecule has 3 atom stereocenters. The van der Waals surface area contributed by atoms with Crippen LogP contribution < -0.4 is 23.7 Å². The van der Waals surface area contributed by atoms with Crippen LogP contribution in [0.15, 0.2) is 23.8 Å². The van der Waals surface area contributed by atoms with Gasteiger partial charge in [-0.3, -0.25) is 0 Å². The van der Waals surface area contributed by atoms with Crippen LogP contribution in [0.4, 0.5) is 0 Å². The lowest BCUT2D eigenvalue weighted by Gasteiger charge is -2.41. The van der Waals surface area contributed by atoms with Gasteiger partial charge in [0.2, 0.25) is 18.3 Å². The number of ether oxygens (including phenoxy) is 6. The highest BCUT2D eigenvalue weighted by atomic mass is 16.7. The average Bonchev–Trinajstić information content (AvgIpc) is 3.34. The Bertz CT molecular complexity index is 1230. The van der Waals surface area contributed by atoms with E-state index in [9.17, 15) is 15.0 Å². The monoisotopic (exact) mass is 500 g/mol. The molecule has 4 rings (SSSR count). The van der Waals surface area contributed by atoms with E-state index in [2.05, 4.69) is 0 Å². The van der Waals surface area contributed by atoms with Gasteiger partial charge < -0.3 is 38.6 Å². The molecule has 0 fully saturated rings. The summed E-state index contributed by atoms with van der Waals surface area (Å²) in [7, 11) is 4.41. The minimum Gasteiger partial charge on any atom is -0.504 e. The lowest BCUT2D eigenvalue weighted by Crippen LogP contribution is -2.44. The summed E-state index contributed by atoms with van der Waals surface area (Å²) in [6.07, 6.45) is 0.832. The molecule has 1 aliphatic carbocycles. The number of phenolic OH excluding ortho intramolecular Hbond substituents is 1. The Balaban J connectivity index is 2.14. The van der Waals surface area contributed by atoms with Crippen molar-refractivity contribution in [1.29, 1.82) is 0 Å². The molecule has 0 aromatic heterocycles. The number of hydrogen-bond donors (Lipinski definition) is 2. The van der Waals surface area contributed by atoms with E-state index >= 15 is 0 Å². The molecule has 0 bridgehead atoms. The number of rotatable bonds is 5. The maximum absolute atomic E-state index is 13.0. The van der Waals surface area contributed by atoms with Crippen molar-refractivity contribution in [2.24, 2.45) is 5.92 Å². The molecule has 194 valence electrons. The third-order valence-corrected chi connectivity index (χ3v) is 7.15. The molecule has 0 saturated carbocycles. The number of aromatic hydroxyl groups is 1. The number of aliphatic hydroxyl groups is 1. The predicted molar refractivity (Wildman–Crippen MR) is 131 cm³/mol. The highest BCUT2D eigenvalue weighted by molar-refractivity contribution is 5.90. The van der Waals surface area contributed by atoms with Crippen molar-refractivity contribution >= 4 is 5.97 Å². The zero-order valence-corrected chi connectivity index (χ0v) is 21.6. The van der Waals surface area contributed by atoms with E-state index in [1.807, 2.05) is 6.92 Å². The summed E-state index contributed by atoms with van der Waals surface area (Å²) in [5.41, 5.74) is 0.759. The molecular weight excluding hydrogens is 468 g/mol. The van der Waals surface area contributed by atoms with E-state index in [1.54, 1.807) is 39.0 Å². The Labute approximate surface area is 210 Å². The highest BCUT2D eigenvalue weighted by Crippen LogP contribution is 2.58. The summed E-state index contributed by atoms with van der Waals surface area (Å²) < 4.78 is 34.1. The van der Waals surface area contributed by atoms with Crippen molar-refractivity contribution in [3.8, 4) is 45.6 Å². The van der Waals surface area contributed by atoms with E-state index in [1.165, 1.54) is 21.3 Å². The van der Waals surface area contributed by atoms with Crippen LogP contribution in [0, 0.1) is 5.92 Å². The van der Waals surface area contributed by atoms with E-state index < -0.39 is 23.6 Å². The number of fused-ring (bicyclic) bond motifs is 4. The second-order valence-corrected chi connectivity index (χ2v) is 9.19. The summed E-state index contributed by atoms with van der Waals surface area (Å²) in [6.45, 7) is 6.83. The molecule has 2 N–H and O–H groups in total. The van der Waals surface area contributed by atoms with Gasteiger partial charge in [-0.2, -0.15) is 0 Å². The fraction of sp³-hybridized carbons (Fsp3) is 0.444. The zero-order chi connectivity index (χ0) is 26.4. The first kappa shape index (κ1) is 25.5. The van der Waals surface area contributed by atoms with Gasteiger partial charge in [0.25, 0.3) is 0 Å². The maximum atomic E-state index is 13.0. The van der Waals surface area contributed by atoms with E-state index in [4.69, 9.17) is 28.4 Å².